The Morgan fingerprint density at radius 1 is 1.18 bits per heavy atom. The number of ether oxygens (including phenoxy) is 1. The van der Waals surface area contributed by atoms with Crippen molar-refractivity contribution in [1.82, 2.24) is 25.3 Å². The molecule has 6 rings (SSSR count). The Labute approximate surface area is 223 Å². The third kappa shape index (κ3) is 4.99. The van der Waals surface area contributed by atoms with E-state index in [-0.39, 0.29) is 17.3 Å². The molecule has 38 heavy (non-hydrogen) atoms. The Morgan fingerprint density at radius 2 is 2.00 bits per heavy atom. The van der Waals surface area contributed by atoms with Gasteiger partial charge in [0.25, 0.3) is 0 Å². The summed E-state index contributed by atoms with van der Waals surface area (Å²) in [6, 6.07) is 7.28. The molecule has 2 N–H and O–H groups in total. The second-order valence-electron chi connectivity index (χ2n) is 9.78. The number of nitrogens with zero attached hydrogens (tertiary/aromatic N) is 5. The second-order valence-corrected chi connectivity index (χ2v) is 11.1. The van der Waals surface area contributed by atoms with Crippen LogP contribution in [0.3, 0.4) is 0 Å². The largest absolute Gasteiger partial charge is 0.508 e. The number of phenolic OH excluding ortho intramolecular Hbond substituents is 1. The maximum atomic E-state index is 14.5. The van der Waals surface area contributed by atoms with Crippen LogP contribution in [0.15, 0.2) is 30.5 Å². The van der Waals surface area contributed by atoms with Crippen LogP contribution in [-0.4, -0.2) is 50.2 Å². The van der Waals surface area contributed by atoms with Crippen molar-refractivity contribution in [1.29, 1.82) is 0 Å². The highest BCUT2D eigenvalue weighted by molar-refractivity contribution is 7.11. The predicted molar refractivity (Wildman–Crippen MR) is 144 cm³/mol. The highest BCUT2D eigenvalue weighted by atomic mass is 32.1. The monoisotopic (exact) mass is 530 g/mol. The van der Waals surface area contributed by atoms with E-state index in [0.717, 1.165) is 41.4 Å². The third-order valence-electron chi connectivity index (χ3n) is 7.06. The molecule has 2 aliphatic rings. The Morgan fingerprint density at radius 3 is 2.74 bits per heavy atom. The van der Waals surface area contributed by atoms with Crippen molar-refractivity contribution in [2.75, 3.05) is 18.0 Å². The van der Waals surface area contributed by atoms with Gasteiger partial charge in [-0.3, -0.25) is 0 Å². The van der Waals surface area contributed by atoms with E-state index in [1.807, 2.05) is 6.92 Å². The van der Waals surface area contributed by atoms with E-state index in [1.165, 1.54) is 6.07 Å². The summed E-state index contributed by atoms with van der Waals surface area (Å²) in [4.78, 5) is 21.5. The van der Waals surface area contributed by atoms with Crippen LogP contribution in [0.1, 0.15) is 39.7 Å². The molecule has 2 fully saturated rings. The predicted octanol–water partition coefficient (Wildman–Crippen LogP) is 3.92. The van der Waals surface area contributed by atoms with Gasteiger partial charge in [-0.25, -0.2) is 9.37 Å². The zero-order valence-corrected chi connectivity index (χ0v) is 21.8. The first-order valence-electron chi connectivity index (χ1n) is 12.7. The van der Waals surface area contributed by atoms with Gasteiger partial charge in [0.15, 0.2) is 0 Å². The Hall–Kier alpha value is -3.81. The van der Waals surface area contributed by atoms with Crippen LogP contribution < -0.4 is 15.0 Å². The summed E-state index contributed by atoms with van der Waals surface area (Å²) in [5.74, 6) is 3.26. The maximum Gasteiger partial charge on any atom is 0.321 e. The molecular formula is C28H27FN6O2S. The van der Waals surface area contributed by atoms with Crippen LogP contribution >= 0.6 is 11.3 Å². The number of aromatic hydroxyl groups is 1. The molecule has 0 unspecified atom stereocenters. The summed E-state index contributed by atoms with van der Waals surface area (Å²) in [7, 11) is 0. The van der Waals surface area contributed by atoms with Crippen LogP contribution in [0, 0.1) is 25.1 Å². The van der Waals surface area contributed by atoms with Gasteiger partial charge in [-0.1, -0.05) is 12.0 Å². The summed E-state index contributed by atoms with van der Waals surface area (Å²) < 4.78 is 20.5. The highest BCUT2D eigenvalue weighted by Crippen LogP contribution is 2.30. The van der Waals surface area contributed by atoms with Crippen molar-refractivity contribution in [2.45, 2.75) is 51.3 Å². The number of hydrogen-bond acceptors (Lipinski definition) is 9. The molecule has 0 aliphatic carbocycles. The van der Waals surface area contributed by atoms with Gasteiger partial charge in [-0.05, 0) is 55.3 Å². The average molecular weight is 531 g/mol. The molecule has 2 bridgehead atoms. The van der Waals surface area contributed by atoms with Crippen LogP contribution in [0.4, 0.5) is 10.3 Å². The van der Waals surface area contributed by atoms with Gasteiger partial charge in [0.2, 0.25) is 5.95 Å². The number of rotatable bonds is 7. The number of benzene rings is 2. The molecule has 2 aromatic carbocycles. The number of thiazole rings is 1. The van der Waals surface area contributed by atoms with E-state index in [2.05, 4.69) is 31.1 Å². The molecule has 2 aromatic heterocycles. The van der Waals surface area contributed by atoms with Gasteiger partial charge in [0.05, 0.1) is 15.4 Å². The highest BCUT2D eigenvalue weighted by Gasteiger charge is 2.33. The van der Waals surface area contributed by atoms with Crippen molar-refractivity contribution in [3.8, 4) is 24.1 Å². The summed E-state index contributed by atoms with van der Waals surface area (Å²) in [6.45, 7) is 3.93. The Balaban J connectivity index is 1.31. The van der Waals surface area contributed by atoms with Gasteiger partial charge in [-0.15, -0.1) is 17.8 Å². The lowest BCUT2D eigenvalue weighted by atomic mass is 9.95. The number of aromatic nitrogens is 4. The molecular weight excluding hydrogens is 503 g/mol. The normalized spacial score (nSPS) is 18.6. The average Bonchev–Trinajstić information content (AvgIpc) is 3.49. The Bertz CT molecular complexity index is 1540. The van der Waals surface area contributed by atoms with E-state index in [0.29, 0.717) is 54.1 Å². The Kier molecular flexibility index (Phi) is 6.55. The van der Waals surface area contributed by atoms with Crippen LogP contribution in [-0.2, 0) is 19.4 Å². The van der Waals surface area contributed by atoms with Crippen molar-refractivity contribution in [2.24, 2.45) is 0 Å². The number of nitrogens with one attached hydrogen (secondary N) is 1. The van der Waals surface area contributed by atoms with Crippen LogP contribution in [0.2, 0.25) is 0 Å². The molecule has 0 radical (unpaired) electrons. The maximum absolute atomic E-state index is 14.5. The molecule has 4 heterocycles. The van der Waals surface area contributed by atoms with Crippen molar-refractivity contribution in [3.63, 3.8) is 0 Å². The first kappa shape index (κ1) is 24.5. The van der Waals surface area contributed by atoms with Crippen molar-refractivity contribution in [3.05, 3.63) is 63.1 Å². The zero-order valence-electron chi connectivity index (χ0n) is 20.9. The lowest BCUT2D eigenvalue weighted by Crippen LogP contribution is -2.51. The van der Waals surface area contributed by atoms with Gasteiger partial charge in [0.1, 0.15) is 24.0 Å². The molecule has 2 atom stereocenters. The van der Waals surface area contributed by atoms with E-state index in [4.69, 9.17) is 16.1 Å². The molecule has 194 valence electrons. The number of fused-ring (bicyclic) bond motifs is 3. The van der Waals surface area contributed by atoms with Crippen molar-refractivity contribution < 1.29 is 14.2 Å². The van der Waals surface area contributed by atoms with Gasteiger partial charge in [-0.2, -0.15) is 15.0 Å². The topological polar surface area (TPSA) is 96.3 Å². The summed E-state index contributed by atoms with van der Waals surface area (Å²) in [5.41, 5.74) is 0.922. The fourth-order valence-electron chi connectivity index (χ4n) is 5.37. The third-order valence-corrected chi connectivity index (χ3v) is 7.94. The second kappa shape index (κ2) is 10.2. The number of halogens is 1. The fourth-order valence-corrected chi connectivity index (χ4v) is 6.08. The smallest absolute Gasteiger partial charge is 0.321 e. The number of terminal acetylenes is 1. The number of hydrogen-bond donors (Lipinski definition) is 2. The number of phenols is 1. The van der Waals surface area contributed by atoms with E-state index in [1.54, 1.807) is 35.7 Å². The quantitative estimate of drug-likeness (QED) is 0.347. The van der Waals surface area contributed by atoms with Gasteiger partial charge in [0, 0.05) is 43.2 Å². The number of aryl methyl sites for hydroxylation is 3. The molecule has 0 spiro atoms. The lowest BCUT2D eigenvalue weighted by Gasteiger charge is -2.32. The molecule has 2 saturated heterocycles. The van der Waals surface area contributed by atoms with Gasteiger partial charge < -0.3 is 20.1 Å². The first-order chi connectivity index (χ1) is 18.4. The van der Waals surface area contributed by atoms with E-state index >= 15 is 0 Å². The molecule has 0 saturated carbocycles. The number of anilines is 1. The first-order valence-corrected chi connectivity index (χ1v) is 13.5. The summed E-state index contributed by atoms with van der Waals surface area (Å²) in [6.07, 6.45) is 10.6. The SMILES string of the molecule is C#Cc1c(F)ccc2cc(O)cc(CCc3nc(OCc4cnc(C)s4)nc(N4C[C@H]5CC[C@@H](C4)N5)n3)c12. The minimum atomic E-state index is -0.461. The summed E-state index contributed by atoms with van der Waals surface area (Å²) in [5, 5.41) is 16.2. The standard InChI is InChI=1S/C28H27FN6O2S/c1-3-23-24(29)8-4-17-10-21(36)11-18(26(17)23)5-9-25-32-27(35-13-19-6-7-20(14-35)31-19)34-28(33-25)37-15-22-12-30-16(2)38-22/h1,4,8,10-12,19-20,31,36H,5-7,9,13-15H2,2H3/t19-,20+. The van der Waals surface area contributed by atoms with E-state index in [9.17, 15) is 9.50 Å². The summed E-state index contributed by atoms with van der Waals surface area (Å²) >= 11 is 1.57. The van der Waals surface area contributed by atoms with Crippen LogP contribution in [0.5, 0.6) is 11.8 Å². The van der Waals surface area contributed by atoms with E-state index < -0.39 is 5.82 Å². The molecule has 8 nitrogen and oxygen atoms in total. The minimum absolute atomic E-state index is 0.0959. The van der Waals surface area contributed by atoms with Crippen LogP contribution in [0.25, 0.3) is 10.8 Å². The number of piperazine rings is 1. The molecule has 2 aliphatic heterocycles. The minimum Gasteiger partial charge on any atom is -0.508 e. The lowest BCUT2D eigenvalue weighted by molar-refractivity contribution is 0.281. The van der Waals surface area contributed by atoms with Crippen molar-refractivity contribution >= 4 is 28.1 Å². The molecule has 0 amide bonds. The van der Waals surface area contributed by atoms with Gasteiger partial charge >= 0.3 is 6.01 Å². The molecule has 10 heteroatoms. The molecule has 4 aromatic rings. The zero-order chi connectivity index (χ0) is 26.2. The fraction of sp³-hybridized carbons (Fsp3) is 0.357.